The second kappa shape index (κ2) is 4.82. The van der Waals surface area contributed by atoms with Gasteiger partial charge in [0, 0.05) is 12.1 Å². The van der Waals surface area contributed by atoms with E-state index in [1.807, 2.05) is 6.92 Å². The molecule has 2 aromatic rings. The van der Waals surface area contributed by atoms with E-state index in [0.29, 0.717) is 11.5 Å². The molecule has 0 fully saturated rings. The highest BCUT2D eigenvalue weighted by atomic mass is 16.6. The zero-order chi connectivity index (χ0) is 13.1. The van der Waals surface area contributed by atoms with Crippen molar-refractivity contribution in [2.24, 2.45) is 0 Å². The molecule has 0 atom stereocenters. The molecule has 2 N–H and O–H groups in total. The number of nitro groups is 1. The highest BCUT2D eigenvalue weighted by Crippen LogP contribution is 2.19. The maximum absolute atomic E-state index is 10.6. The number of nitrogens with zero attached hydrogens (tertiary/aromatic N) is 4. The minimum Gasteiger partial charge on any atom is -0.381 e. The lowest BCUT2D eigenvalue weighted by Gasteiger charge is -2.05. The summed E-state index contributed by atoms with van der Waals surface area (Å²) in [6.07, 6.45) is 1.68. The summed E-state index contributed by atoms with van der Waals surface area (Å²) in [7, 11) is 0. The lowest BCUT2D eigenvalue weighted by molar-refractivity contribution is -0.384. The fraction of sp³-hybridized carbons (Fsp3) is 0.273. The molecular formula is C11H13N5O2. The number of non-ortho nitro benzene ring substituents is 1. The zero-order valence-corrected chi connectivity index (χ0v) is 9.91. The van der Waals surface area contributed by atoms with Crippen molar-refractivity contribution in [3.05, 3.63) is 40.1 Å². The number of aromatic nitrogens is 3. The number of benzene rings is 1. The van der Waals surface area contributed by atoms with E-state index in [-0.39, 0.29) is 5.69 Å². The first-order valence-electron chi connectivity index (χ1n) is 5.58. The van der Waals surface area contributed by atoms with Crippen molar-refractivity contribution in [2.45, 2.75) is 19.8 Å². The average Bonchev–Trinajstić information content (AvgIpc) is 2.72. The van der Waals surface area contributed by atoms with E-state index in [0.717, 1.165) is 18.5 Å². The molecule has 7 heteroatoms. The van der Waals surface area contributed by atoms with Crippen LogP contribution in [0.15, 0.2) is 24.3 Å². The number of nitrogens with two attached hydrogens (primary N) is 1. The molecule has 0 aliphatic heterocycles. The maximum atomic E-state index is 10.6. The number of hydrogen-bond donors (Lipinski definition) is 1. The Balaban J connectivity index is 2.39. The quantitative estimate of drug-likeness (QED) is 0.654. The zero-order valence-electron chi connectivity index (χ0n) is 9.91. The van der Waals surface area contributed by atoms with Crippen molar-refractivity contribution in [3.8, 4) is 5.69 Å². The molecule has 1 aromatic carbocycles. The highest BCUT2D eigenvalue weighted by Gasteiger charge is 2.12. The minimum absolute atomic E-state index is 0.0453. The van der Waals surface area contributed by atoms with E-state index in [9.17, 15) is 10.1 Å². The summed E-state index contributed by atoms with van der Waals surface area (Å²) >= 11 is 0. The van der Waals surface area contributed by atoms with Gasteiger partial charge in [-0.25, -0.2) is 4.68 Å². The van der Waals surface area contributed by atoms with Gasteiger partial charge in [0.1, 0.15) is 0 Å². The van der Waals surface area contributed by atoms with Crippen LogP contribution in [0.2, 0.25) is 0 Å². The van der Waals surface area contributed by atoms with Gasteiger partial charge in [-0.2, -0.15) is 0 Å². The van der Waals surface area contributed by atoms with Gasteiger partial charge in [-0.3, -0.25) is 10.1 Å². The van der Waals surface area contributed by atoms with Crippen LogP contribution in [0.5, 0.6) is 0 Å². The Morgan fingerprint density at radius 1 is 1.39 bits per heavy atom. The molecule has 0 aliphatic carbocycles. The third-order valence-corrected chi connectivity index (χ3v) is 2.59. The smallest absolute Gasteiger partial charge is 0.269 e. The van der Waals surface area contributed by atoms with Crippen molar-refractivity contribution >= 4 is 11.5 Å². The number of nitro benzene ring substituents is 1. The van der Waals surface area contributed by atoms with Gasteiger partial charge in [-0.05, 0) is 18.6 Å². The molecule has 0 unspecified atom stereocenters. The Kier molecular flexibility index (Phi) is 3.22. The van der Waals surface area contributed by atoms with Crippen LogP contribution in [0, 0.1) is 10.1 Å². The third kappa shape index (κ3) is 2.15. The summed E-state index contributed by atoms with van der Waals surface area (Å²) in [5.41, 5.74) is 7.33. The van der Waals surface area contributed by atoms with Gasteiger partial charge in [0.05, 0.1) is 16.3 Å². The van der Waals surface area contributed by atoms with Crippen molar-refractivity contribution in [1.29, 1.82) is 0 Å². The normalized spacial score (nSPS) is 10.5. The molecule has 1 aromatic heterocycles. The number of hydrogen-bond acceptors (Lipinski definition) is 5. The molecule has 0 bridgehead atoms. The van der Waals surface area contributed by atoms with Crippen LogP contribution in [0.1, 0.15) is 19.0 Å². The first kappa shape index (κ1) is 12.0. The van der Waals surface area contributed by atoms with Crippen molar-refractivity contribution in [3.63, 3.8) is 0 Å². The Morgan fingerprint density at radius 3 is 2.61 bits per heavy atom. The van der Waals surface area contributed by atoms with Crippen molar-refractivity contribution < 1.29 is 4.92 Å². The van der Waals surface area contributed by atoms with Crippen LogP contribution in [0.4, 0.5) is 11.5 Å². The van der Waals surface area contributed by atoms with Gasteiger partial charge in [0.15, 0.2) is 5.82 Å². The standard InChI is InChI=1S/C11H13N5O2/c1-2-3-10-11(12)13-14-15(10)8-4-6-9(7-5-8)16(17)18/h4-7H,2-3,12H2,1H3. The summed E-state index contributed by atoms with van der Waals surface area (Å²) in [6.45, 7) is 2.03. The molecule has 0 aliphatic rings. The molecule has 0 saturated carbocycles. The highest BCUT2D eigenvalue weighted by molar-refractivity contribution is 5.44. The minimum atomic E-state index is -0.438. The second-order valence-electron chi connectivity index (χ2n) is 3.86. The van der Waals surface area contributed by atoms with Crippen molar-refractivity contribution in [2.75, 3.05) is 5.73 Å². The van der Waals surface area contributed by atoms with E-state index in [2.05, 4.69) is 10.3 Å². The monoisotopic (exact) mass is 247 g/mol. The SMILES string of the molecule is CCCc1c(N)nnn1-c1ccc([N+](=O)[O-])cc1. The largest absolute Gasteiger partial charge is 0.381 e. The van der Waals surface area contributed by atoms with Gasteiger partial charge in [0.2, 0.25) is 0 Å². The molecule has 0 spiro atoms. The molecule has 0 amide bonds. The maximum Gasteiger partial charge on any atom is 0.269 e. The topological polar surface area (TPSA) is 99.9 Å². The predicted octanol–water partition coefficient (Wildman–Crippen LogP) is 1.71. The Bertz CT molecular complexity index is 561. The molecule has 2 rings (SSSR count). The first-order chi connectivity index (χ1) is 8.63. The Morgan fingerprint density at radius 2 is 2.06 bits per heavy atom. The lowest BCUT2D eigenvalue weighted by atomic mass is 10.2. The summed E-state index contributed by atoms with van der Waals surface area (Å²) in [5.74, 6) is 0.398. The molecular weight excluding hydrogens is 234 g/mol. The molecule has 1 heterocycles. The van der Waals surface area contributed by atoms with E-state index in [1.165, 1.54) is 12.1 Å². The van der Waals surface area contributed by atoms with Crippen LogP contribution >= 0.6 is 0 Å². The Hall–Kier alpha value is -2.44. The van der Waals surface area contributed by atoms with E-state index in [1.54, 1.807) is 16.8 Å². The fourth-order valence-corrected chi connectivity index (χ4v) is 1.71. The summed E-state index contributed by atoms with van der Waals surface area (Å²) < 4.78 is 1.61. The summed E-state index contributed by atoms with van der Waals surface area (Å²) in [6, 6.07) is 6.13. The number of anilines is 1. The van der Waals surface area contributed by atoms with Gasteiger partial charge in [-0.15, -0.1) is 5.10 Å². The first-order valence-corrected chi connectivity index (χ1v) is 5.58. The van der Waals surface area contributed by atoms with Crippen LogP contribution in [-0.4, -0.2) is 19.9 Å². The van der Waals surface area contributed by atoms with Gasteiger partial charge >= 0.3 is 0 Å². The molecule has 18 heavy (non-hydrogen) atoms. The van der Waals surface area contributed by atoms with E-state index < -0.39 is 4.92 Å². The van der Waals surface area contributed by atoms with Crippen LogP contribution in [-0.2, 0) is 6.42 Å². The fourth-order valence-electron chi connectivity index (χ4n) is 1.71. The molecule has 94 valence electrons. The Labute approximate surface area is 103 Å². The predicted molar refractivity (Wildman–Crippen MR) is 66.4 cm³/mol. The molecule has 0 radical (unpaired) electrons. The second-order valence-corrected chi connectivity index (χ2v) is 3.86. The summed E-state index contributed by atoms with van der Waals surface area (Å²) in [4.78, 5) is 10.1. The summed E-state index contributed by atoms with van der Waals surface area (Å²) in [5, 5.41) is 18.3. The average molecular weight is 247 g/mol. The van der Waals surface area contributed by atoms with Crippen LogP contribution in [0.25, 0.3) is 5.69 Å². The van der Waals surface area contributed by atoms with Gasteiger partial charge < -0.3 is 5.73 Å². The molecule has 7 nitrogen and oxygen atoms in total. The van der Waals surface area contributed by atoms with E-state index in [4.69, 9.17) is 5.73 Å². The molecule has 0 saturated heterocycles. The van der Waals surface area contributed by atoms with E-state index >= 15 is 0 Å². The van der Waals surface area contributed by atoms with Gasteiger partial charge in [-0.1, -0.05) is 18.6 Å². The van der Waals surface area contributed by atoms with Crippen LogP contribution < -0.4 is 5.73 Å². The lowest BCUT2D eigenvalue weighted by Crippen LogP contribution is -2.03. The van der Waals surface area contributed by atoms with Crippen LogP contribution in [0.3, 0.4) is 0 Å². The number of rotatable bonds is 4. The number of nitrogen functional groups attached to an aromatic ring is 1. The van der Waals surface area contributed by atoms with Crippen molar-refractivity contribution in [1.82, 2.24) is 15.0 Å². The van der Waals surface area contributed by atoms with Gasteiger partial charge in [0.25, 0.3) is 5.69 Å². The third-order valence-electron chi connectivity index (χ3n) is 2.59.